The Morgan fingerprint density at radius 1 is 1.37 bits per heavy atom. The number of nitrogens with zero attached hydrogens (tertiary/aromatic N) is 1. The van der Waals surface area contributed by atoms with Gasteiger partial charge in [-0.05, 0) is 55.5 Å². The molecule has 106 valence electrons. The van der Waals surface area contributed by atoms with Crippen LogP contribution in [-0.2, 0) is 6.54 Å². The molecule has 0 saturated heterocycles. The monoisotopic (exact) mass is 325 g/mol. The van der Waals surface area contributed by atoms with Crippen molar-refractivity contribution in [2.45, 2.75) is 45.7 Å². The summed E-state index contributed by atoms with van der Waals surface area (Å²) in [5.74, 6) is 1.72. The third-order valence-corrected chi connectivity index (χ3v) is 4.46. The fraction of sp³-hybridized carbons (Fsp3) is 0.625. The summed E-state index contributed by atoms with van der Waals surface area (Å²) in [5.41, 5.74) is 1.33. The van der Waals surface area contributed by atoms with Gasteiger partial charge in [0.2, 0.25) is 0 Å². The van der Waals surface area contributed by atoms with Crippen molar-refractivity contribution in [3.8, 4) is 5.75 Å². The lowest BCUT2D eigenvalue weighted by atomic mass is 10.1. The van der Waals surface area contributed by atoms with Crippen molar-refractivity contribution >= 4 is 15.9 Å². The second-order valence-corrected chi connectivity index (χ2v) is 6.70. The maximum atomic E-state index is 5.33. The zero-order chi connectivity index (χ0) is 13.8. The van der Waals surface area contributed by atoms with Crippen molar-refractivity contribution in [3.05, 3.63) is 28.2 Å². The maximum absolute atomic E-state index is 5.33. The number of hydrogen-bond donors (Lipinski definition) is 0. The van der Waals surface area contributed by atoms with E-state index in [1.54, 1.807) is 7.11 Å². The smallest absolute Gasteiger partial charge is 0.119 e. The molecule has 0 bridgehead atoms. The third kappa shape index (κ3) is 4.50. The molecule has 0 unspecified atom stereocenters. The lowest BCUT2D eigenvalue weighted by Crippen LogP contribution is -2.27. The summed E-state index contributed by atoms with van der Waals surface area (Å²) in [4.78, 5) is 2.62. The average molecular weight is 326 g/mol. The van der Waals surface area contributed by atoms with Gasteiger partial charge in [-0.3, -0.25) is 4.90 Å². The van der Waals surface area contributed by atoms with Crippen molar-refractivity contribution < 1.29 is 4.74 Å². The van der Waals surface area contributed by atoms with Crippen LogP contribution in [0.15, 0.2) is 22.7 Å². The largest absolute Gasteiger partial charge is 0.497 e. The molecule has 2 nitrogen and oxygen atoms in total. The average Bonchev–Trinajstić information content (AvgIpc) is 3.20. The number of rotatable bonds is 7. The van der Waals surface area contributed by atoms with Gasteiger partial charge in [0.1, 0.15) is 5.75 Å². The van der Waals surface area contributed by atoms with Crippen LogP contribution < -0.4 is 4.74 Å². The summed E-state index contributed by atoms with van der Waals surface area (Å²) < 4.78 is 6.51. The van der Waals surface area contributed by atoms with Crippen LogP contribution in [-0.4, -0.2) is 24.6 Å². The van der Waals surface area contributed by atoms with Crippen LogP contribution >= 0.6 is 15.9 Å². The molecule has 1 saturated carbocycles. The molecule has 0 aromatic heterocycles. The Labute approximate surface area is 125 Å². The van der Waals surface area contributed by atoms with E-state index in [-0.39, 0.29) is 0 Å². The number of ether oxygens (including phenoxy) is 1. The molecule has 19 heavy (non-hydrogen) atoms. The van der Waals surface area contributed by atoms with Crippen LogP contribution in [0.1, 0.15) is 38.7 Å². The van der Waals surface area contributed by atoms with Gasteiger partial charge in [-0.1, -0.05) is 29.8 Å². The molecular weight excluding hydrogens is 302 g/mol. The van der Waals surface area contributed by atoms with Crippen molar-refractivity contribution in [1.29, 1.82) is 0 Å². The van der Waals surface area contributed by atoms with E-state index in [2.05, 4.69) is 46.8 Å². The van der Waals surface area contributed by atoms with Gasteiger partial charge < -0.3 is 4.74 Å². The molecule has 1 aromatic rings. The van der Waals surface area contributed by atoms with Gasteiger partial charge in [-0.25, -0.2) is 0 Å². The first-order chi connectivity index (χ1) is 9.10. The minimum absolute atomic E-state index is 0.773. The second kappa shape index (κ2) is 6.76. The molecule has 1 aromatic carbocycles. The molecule has 0 amide bonds. The van der Waals surface area contributed by atoms with E-state index < -0.39 is 0 Å². The standard InChI is InChI=1S/C16H24BrNO/c1-12(2)8-9-18(14-4-5-14)11-13-10-15(19-3)6-7-16(13)17/h6-7,10,12,14H,4-5,8-9,11H2,1-3H3. The van der Waals surface area contributed by atoms with Crippen molar-refractivity contribution in [3.63, 3.8) is 0 Å². The predicted octanol–water partition coefficient (Wildman–Crippen LogP) is 4.47. The Morgan fingerprint density at radius 3 is 2.68 bits per heavy atom. The minimum Gasteiger partial charge on any atom is -0.497 e. The molecule has 1 aliphatic rings. The Kier molecular flexibility index (Phi) is 5.28. The molecule has 1 aliphatic carbocycles. The van der Waals surface area contributed by atoms with Gasteiger partial charge in [0.15, 0.2) is 0 Å². The third-order valence-electron chi connectivity index (χ3n) is 3.68. The van der Waals surface area contributed by atoms with Gasteiger partial charge in [-0.15, -0.1) is 0 Å². The van der Waals surface area contributed by atoms with E-state index in [1.807, 2.05) is 6.07 Å². The van der Waals surface area contributed by atoms with Gasteiger partial charge in [0.25, 0.3) is 0 Å². The number of hydrogen-bond acceptors (Lipinski definition) is 2. The maximum Gasteiger partial charge on any atom is 0.119 e. The van der Waals surface area contributed by atoms with E-state index >= 15 is 0 Å². The lowest BCUT2D eigenvalue weighted by molar-refractivity contribution is 0.238. The SMILES string of the molecule is COc1ccc(Br)c(CN(CCC(C)C)C2CC2)c1. The summed E-state index contributed by atoms with van der Waals surface area (Å²) in [6.45, 7) is 6.82. The summed E-state index contributed by atoms with van der Waals surface area (Å²) in [7, 11) is 1.73. The molecule has 0 atom stereocenters. The minimum atomic E-state index is 0.773. The normalized spacial score (nSPS) is 15.3. The fourth-order valence-electron chi connectivity index (χ4n) is 2.27. The van der Waals surface area contributed by atoms with Crippen molar-refractivity contribution in [2.75, 3.05) is 13.7 Å². The Morgan fingerprint density at radius 2 is 2.11 bits per heavy atom. The first-order valence-electron chi connectivity index (χ1n) is 7.16. The van der Waals surface area contributed by atoms with Crippen LogP contribution in [0, 0.1) is 5.92 Å². The Bertz CT molecular complexity index is 415. The fourth-order valence-corrected chi connectivity index (χ4v) is 2.64. The van der Waals surface area contributed by atoms with E-state index in [1.165, 1.54) is 35.8 Å². The second-order valence-electron chi connectivity index (χ2n) is 5.84. The first-order valence-corrected chi connectivity index (χ1v) is 7.96. The molecule has 0 spiro atoms. The number of methoxy groups -OCH3 is 1. The molecule has 0 N–H and O–H groups in total. The van der Waals surface area contributed by atoms with E-state index in [0.29, 0.717) is 0 Å². The molecule has 1 fully saturated rings. The van der Waals surface area contributed by atoms with E-state index in [4.69, 9.17) is 4.74 Å². The Balaban J connectivity index is 2.03. The zero-order valence-corrected chi connectivity index (χ0v) is 13.7. The van der Waals surface area contributed by atoms with E-state index in [9.17, 15) is 0 Å². The highest BCUT2D eigenvalue weighted by molar-refractivity contribution is 9.10. The molecular formula is C16H24BrNO. The molecule has 2 rings (SSSR count). The number of halogens is 1. The van der Waals surface area contributed by atoms with Crippen molar-refractivity contribution in [2.24, 2.45) is 5.92 Å². The highest BCUT2D eigenvalue weighted by atomic mass is 79.9. The van der Waals surface area contributed by atoms with Crippen LogP contribution in [0.3, 0.4) is 0 Å². The summed E-state index contributed by atoms with van der Waals surface area (Å²) in [6, 6.07) is 7.04. The molecule has 0 radical (unpaired) electrons. The van der Waals surface area contributed by atoms with Gasteiger partial charge in [-0.2, -0.15) is 0 Å². The molecule has 0 heterocycles. The highest BCUT2D eigenvalue weighted by Crippen LogP contribution is 2.31. The summed E-state index contributed by atoms with van der Waals surface area (Å²) >= 11 is 3.66. The highest BCUT2D eigenvalue weighted by Gasteiger charge is 2.29. The zero-order valence-electron chi connectivity index (χ0n) is 12.2. The lowest BCUT2D eigenvalue weighted by Gasteiger charge is -2.23. The van der Waals surface area contributed by atoms with Gasteiger partial charge in [0.05, 0.1) is 7.11 Å². The van der Waals surface area contributed by atoms with Gasteiger partial charge >= 0.3 is 0 Å². The van der Waals surface area contributed by atoms with Crippen LogP contribution in [0.2, 0.25) is 0 Å². The summed E-state index contributed by atoms with van der Waals surface area (Å²) in [6.07, 6.45) is 4.00. The van der Waals surface area contributed by atoms with Crippen molar-refractivity contribution in [1.82, 2.24) is 4.90 Å². The quantitative estimate of drug-likeness (QED) is 0.733. The van der Waals surface area contributed by atoms with Crippen LogP contribution in [0.25, 0.3) is 0 Å². The number of benzene rings is 1. The Hall–Kier alpha value is -0.540. The van der Waals surface area contributed by atoms with Crippen LogP contribution in [0.5, 0.6) is 5.75 Å². The predicted molar refractivity (Wildman–Crippen MR) is 83.6 cm³/mol. The van der Waals surface area contributed by atoms with E-state index in [0.717, 1.165) is 24.3 Å². The van der Waals surface area contributed by atoms with Gasteiger partial charge in [0, 0.05) is 17.1 Å². The first kappa shape index (κ1) is 14.9. The topological polar surface area (TPSA) is 12.5 Å². The summed E-state index contributed by atoms with van der Waals surface area (Å²) in [5, 5.41) is 0. The molecule has 0 aliphatic heterocycles. The van der Waals surface area contributed by atoms with Crippen LogP contribution in [0.4, 0.5) is 0 Å². The molecule has 3 heteroatoms.